The van der Waals surface area contributed by atoms with Crippen LogP contribution >= 0.6 is 11.3 Å². The monoisotopic (exact) mass is 224 g/mol. The van der Waals surface area contributed by atoms with Gasteiger partial charge in [-0.2, -0.15) is 0 Å². The zero-order chi connectivity index (χ0) is 10.7. The third kappa shape index (κ3) is 3.30. The molecule has 1 saturated heterocycles. The standard InChI is InChI=1S/C12H20N2S/c1-10-3-4-12(15-10)9-13-11-5-7-14(2)8-6-11/h3-4,11,13H,5-9H2,1-2H3. The van der Waals surface area contributed by atoms with Gasteiger partial charge in [0.2, 0.25) is 0 Å². The summed E-state index contributed by atoms with van der Waals surface area (Å²) in [5.41, 5.74) is 0. The molecule has 0 aliphatic carbocycles. The van der Waals surface area contributed by atoms with E-state index in [1.807, 2.05) is 11.3 Å². The SMILES string of the molecule is Cc1ccc(CNC2CCN(C)CC2)s1. The van der Waals surface area contributed by atoms with Crippen LogP contribution < -0.4 is 5.32 Å². The lowest BCUT2D eigenvalue weighted by molar-refractivity contribution is 0.234. The smallest absolute Gasteiger partial charge is 0.0302 e. The Bertz CT molecular complexity index is 300. The van der Waals surface area contributed by atoms with Crippen molar-refractivity contribution in [1.29, 1.82) is 0 Å². The number of rotatable bonds is 3. The van der Waals surface area contributed by atoms with Crippen molar-refractivity contribution >= 4 is 11.3 Å². The highest BCUT2D eigenvalue weighted by Crippen LogP contribution is 2.16. The van der Waals surface area contributed by atoms with E-state index in [9.17, 15) is 0 Å². The topological polar surface area (TPSA) is 15.3 Å². The van der Waals surface area contributed by atoms with E-state index in [0.717, 1.165) is 12.6 Å². The van der Waals surface area contributed by atoms with Crippen LogP contribution in [0.5, 0.6) is 0 Å². The van der Waals surface area contributed by atoms with Crippen molar-refractivity contribution in [3.05, 3.63) is 21.9 Å². The molecule has 0 spiro atoms. The fraction of sp³-hybridized carbons (Fsp3) is 0.667. The Morgan fingerprint density at radius 3 is 2.73 bits per heavy atom. The number of hydrogen-bond acceptors (Lipinski definition) is 3. The molecule has 3 heteroatoms. The van der Waals surface area contributed by atoms with E-state index in [0.29, 0.717) is 0 Å². The number of aryl methyl sites for hydroxylation is 1. The third-order valence-electron chi connectivity index (χ3n) is 3.08. The summed E-state index contributed by atoms with van der Waals surface area (Å²) in [5.74, 6) is 0. The number of nitrogens with zero attached hydrogens (tertiary/aromatic N) is 1. The highest BCUT2D eigenvalue weighted by molar-refractivity contribution is 7.11. The van der Waals surface area contributed by atoms with E-state index < -0.39 is 0 Å². The highest BCUT2D eigenvalue weighted by atomic mass is 32.1. The summed E-state index contributed by atoms with van der Waals surface area (Å²) in [7, 11) is 2.21. The van der Waals surface area contributed by atoms with E-state index in [2.05, 4.69) is 36.3 Å². The van der Waals surface area contributed by atoms with Crippen LogP contribution in [-0.2, 0) is 6.54 Å². The molecule has 0 atom stereocenters. The number of likely N-dealkylation sites (tertiary alicyclic amines) is 1. The summed E-state index contributed by atoms with van der Waals surface area (Å²) < 4.78 is 0. The van der Waals surface area contributed by atoms with E-state index in [1.165, 1.54) is 35.7 Å². The van der Waals surface area contributed by atoms with E-state index in [4.69, 9.17) is 0 Å². The molecular formula is C12H20N2S. The first-order chi connectivity index (χ1) is 7.24. The molecule has 0 aromatic carbocycles. The molecule has 2 rings (SSSR count). The van der Waals surface area contributed by atoms with E-state index in [1.54, 1.807) is 0 Å². The maximum absolute atomic E-state index is 3.66. The first-order valence-electron chi connectivity index (χ1n) is 5.71. The molecule has 0 saturated carbocycles. The number of nitrogens with one attached hydrogen (secondary N) is 1. The van der Waals surface area contributed by atoms with Crippen molar-refractivity contribution in [2.75, 3.05) is 20.1 Å². The molecule has 0 radical (unpaired) electrons. The number of thiophene rings is 1. The van der Waals surface area contributed by atoms with Gasteiger partial charge in [-0.25, -0.2) is 0 Å². The van der Waals surface area contributed by atoms with Crippen LogP contribution in [0.25, 0.3) is 0 Å². The molecule has 1 aliphatic heterocycles. The summed E-state index contributed by atoms with van der Waals surface area (Å²) in [6, 6.07) is 5.17. The zero-order valence-corrected chi connectivity index (χ0v) is 10.4. The Hall–Kier alpha value is -0.380. The Balaban J connectivity index is 1.74. The number of piperidine rings is 1. The van der Waals surface area contributed by atoms with Crippen LogP contribution in [0.1, 0.15) is 22.6 Å². The quantitative estimate of drug-likeness (QED) is 0.847. The van der Waals surface area contributed by atoms with Gasteiger partial charge in [0.15, 0.2) is 0 Å². The van der Waals surface area contributed by atoms with Crippen LogP contribution in [0.2, 0.25) is 0 Å². The third-order valence-corrected chi connectivity index (χ3v) is 4.08. The fourth-order valence-corrected chi connectivity index (χ4v) is 2.88. The minimum atomic E-state index is 0.726. The predicted molar refractivity (Wildman–Crippen MR) is 66.4 cm³/mol. The molecule has 1 aromatic heterocycles. The molecule has 1 aromatic rings. The lowest BCUT2D eigenvalue weighted by Crippen LogP contribution is -2.40. The van der Waals surface area contributed by atoms with Crippen LogP contribution in [0.15, 0.2) is 12.1 Å². The largest absolute Gasteiger partial charge is 0.309 e. The second kappa shape index (κ2) is 5.10. The summed E-state index contributed by atoms with van der Waals surface area (Å²) >= 11 is 1.90. The van der Waals surface area contributed by atoms with Crippen molar-refractivity contribution in [1.82, 2.24) is 10.2 Å². The fourth-order valence-electron chi connectivity index (χ4n) is 2.04. The summed E-state index contributed by atoms with van der Waals surface area (Å²) in [4.78, 5) is 5.29. The molecule has 15 heavy (non-hydrogen) atoms. The average Bonchev–Trinajstić information content (AvgIpc) is 2.64. The second-order valence-electron chi connectivity index (χ2n) is 4.47. The van der Waals surface area contributed by atoms with Gasteiger partial charge in [-0.3, -0.25) is 0 Å². The molecule has 0 unspecified atom stereocenters. The summed E-state index contributed by atoms with van der Waals surface area (Å²) in [6.45, 7) is 5.69. The van der Waals surface area contributed by atoms with Gasteiger partial charge in [-0.05, 0) is 52.0 Å². The molecule has 84 valence electrons. The molecular weight excluding hydrogens is 204 g/mol. The number of hydrogen-bond donors (Lipinski definition) is 1. The van der Waals surface area contributed by atoms with Crippen molar-refractivity contribution in [3.63, 3.8) is 0 Å². The second-order valence-corrected chi connectivity index (χ2v) is 5.84. The van der Waals surface area contributed by atoms with Crippen molar-refractivity contribution < 1.29 is 0 Å². The van der Waals surface area contributed by atoms with Gasteiger partial charge in [0, 0.05) is 22.3 Å². The van der Waals surface area contributed by atoms with Crippen LogP contribution in [-0.4, -0.2) is 31.1 Å². The lowest BCUT2D eigenvalue weighted by Gasteiger charge is -2.29. The summed E-state index contributed by atoms with van der Waals surface area (Å²) in [6.07, 6.45) is 2.59. The van der Waals surface area contributed by atoms with Gasteiger partial charge < -0.3 is 10.2 Å². The van der Waals surface area contributed by atoms with Crippen molar-refractivity contribution in [3.8, 4) is 0 Å². The van der Waals surface area contributed by atoms with Crippen molar-refractivity contribution in [2.24, 2.45) is 0 Å². The average molecular weight is 224 g/mol. The highest BCUT2D eigenvalue weighted by Gasteiger charge is 2.15. The maximum atomic E-state index is 3.66. The Morgan fingerprint density at radius 2 is 2.13 bits per heavy atom. The minimum absolute atomic E-state index is 0.726. The van der Waals surface area contributed by atoms with Crippen LogP contribution in [0.4, 0.5) is 0 Å². The first kappa shape index (κ1) is 11.1. The molecule has 0 amide bonds. The summed E-state index contributed by atoms with van der Waals surface area (Å²) in [5, 5.41) is 3.66. The Morgan fingerprint density at radius 1 is 1.40 bits per heavy atom. The van der Waals surface area contributed by atoms with Crippen LogP contribution in [0.3, 0.4) is 0 Å². The zero-order valence-electron chi connectivity index (χ0n) is 9.62. The molecule has 0 bridgehead atoms. The molecule has 1 aliphatic rings. The Labute approximate surface area is 96.3 Å². The predicted octanol–water partition coefficient (Wildman–Crippen LogP) is 2.24. The lowest BCUT2D eigenvalue weighted by atomic mass is 10.1. The molecule has 1 N–H and O–H groups in total. The van der Waals surface area contributed by atoms with Crippen LogP contribution in [0, 0.1) is 6.92 Å². The van der Waals surface area contributed by atoms with Gasteiger partial charge in [0.1, 0.15) is 0 Å². The van der Waals surface area contributed by atoms with Gasteiger partial charge in [0.25, 0.3) is 0 Å². The normalized spacial score (nSPS) is 19.6. The van der Waals surface area contributed by atoms with Gasteiger partial charge in [0.05, 0.1) is 0 Å². The van der Waals surface area contributed by atoms with Gasteiger partial charge >= 0.3 is 0 Å². The maximum Gasteiger partial charge on any atom is 0.0302 e. The molecule has 2 heterocycles. The molecule has 1 fully saturated rings. The first-order valence-corrected chi connectivity index (χ1v) is 6.53. The van der Waals surface area contributed by atoms with Gasteiger partial charge in [-0.1, -0.05) is 0 Å². The van der Waals surface area contributed by atoms with E-state index >= 15 is 0 Å². The molecule has 2 nitrogen and oxygen atoms in total. The van der Waals surface area contributed by atoms with Gasteiger partial charge in [-0.15, -0.1) is 11.3 Å². The van der Waals surface area contributed by atoms with E-state index in [-0.39, 0.29) is 0 Å². The van der Waals surface area contributed by atoms with Crippen molar-refractivity contribution in [2.45, 2.75) is 32.4 Å². The Kier molecular flexibility index (Phi) is 3.78. The minimum Gasteiger partial charge on any atom is -0.309 e.